The van der Waals surface area contributed by atoms with Crippen LogP contribution in [0.5, 0.6) is 0 Å². The number of aromatic carboxylic acids is 1. The Morgan fingerprint density at radius 2 is 1.78 bits per heavy atom. The molecule has 0 spiro atoms. The summed E-state index contributed by atoms with van der Waals surface area (Å²) in [4.78, 5) is 11.4. The standard InChI is InChI=1S/C21H17N3O2S/c25-20(26)18-8-4-3-6-15(18)11-12-24-19(22-23-21(24)27)17-10-9-14-5-1-2-7-16(14)13-17/h1-10,13H,11-12H2,(H,23,27)(H,25,26). The van der Waals surface area contributed by atoms with Crippen molar-refractivity contribution >= 4 is 29.0 Å². The molecule has 1 aromatic heterocycles. The number of carboxylic acids is 1. The molecular weight excluding hydrogens is 358 g/mol. The maximum atomic E-state index is 11.4. The number of aromatic amines is 1. The second-order valence-corrected chi connectivity index (χ2v) is 6.66. The highest BCUT2D eigenvalue weighted by Gasteiger charge is 2.12. The van der Waals surface area contributed by atoms with Crippen molar-refractivity contribution < 1.29 is 9.90 Å². The molecule has 0 aliphatic heterocycles. The maximum absolute atomic E-state index is 11.4. The van der Waals surface area contributed by atoms with Gasteiger partial charge in [-0.3, -0.25) is 9.67 Å². The van der Waals surface area contributed by atoms with Gasteiger partial charge < -0.3 is 5.11 Å². The fourth-order valence-corrected chi connectivity index (χ4v) is 3.48. The van der Waals surface area contributed by atoms with Crippen molar-refractivity contribution in [3.63, 3.8) is 0 Å². The Morgan fingerprint density at radius 3 is 2.59 bits per heavy atom. The van der Waals surface area contributed by atoms with Gasteiger partial charge in [0, 0.05) is 12.1 Å². The molecule has 0 unspecified atom stereocenters. The number of hydrogen-bond acceptors (Lipinski definition) is 3. The predicted molar refractivity (Wildman–Crippen MR) is 107 cm³/mol. The van der Waals surface area contributed by atoms with E-state index in [0.29, 0.717) is 23.3 Å². The number of benzene rings is 3. The minimum absolute atomic E-state index is 0.319. The summed E-state index contributed by atoms with van der Waals surface area (Å²) in [6.07, 6.45) is 0.552. The minimum atomic E-state index is -0.920. The van der Waals surface area contributed by atoms with Gasteiger partial charge in [-0.1, -0.05) is 54.6 Å². The molecule has 0 bridgehead atoms. The second-order valence-electron chi connectivity index (χ2n) is 6.28. The Bertz CT molecular complexity index is 1190. The van der Waals surface area contributed by atoms with Gasteiger partial charge in [-0.25, -0.2) is 4.79 Å². The molecule has 0 saturated carbocycles. The number of nitrogens with zero attached hydrogens (tertiary/aromatic N) is 2. The van der Waals surface area contributed by atoms with Crippen LogP contribution in [0.3, 0.4) is 0 Å². The summed E-state index contributed by atoms with van der Waals surface area (Å²) in [6, 6.07) is 21.4. The molecule has 2 N–H and O–H groups in total. The van der Waals surface area contributed by atoms with Crippen molar-refractivity contribution in [2.24, 2.45) is 0 Å². The van der Waals surface area contributed by atoms with Crippen molar-refractivity contribution in [1.29, 1.82) is 0 Å². The molecule has 0 aliphatic carbocycles. The van der Waals surface area contributed by atoms with E-state index in [4.69, 9.17) is 12.2 Å². The third kappa shape index (κ3) is 3.39. The Balaban J connectivity index is 1.68. The lowest BCUT2D eigenvalue weighted by Crippen LogP contribution is -2.08. The lowest BCUT2D eigenvalue weighted by molar-refractivity contribution is 0.0695. The molecule has 0 radical (unpaired) electrons. The number of nitrogens with one attached hydrogen (secondary N) is 1. The average molecular weight is 375 g/mol. The SMILES string of the molecule is O=C(O)c1ccccc1CCn1c(-c2ccc3ccccc3c2)n[nH]c1=S. The topological polar surface area (TPSA) is 70.9 Å². The number of H-pyrrole nitrogens is 1. The molecule has 5 nitrogen and oxygen atoms in total. The van der Waals surface area contributed by atoms with Crippen molar-refractivity contribution in [2.75, 3.05) is 0 Å². The molecule has 134 valence electrons. The van der Waals surface area contributed by atoms with E-state index in [9.17, 15) is 9.90 Å². The van der Waals surface area contributed by atoms with Crippen LogP contribution in [0.2, 0.25) is 0 Å². The first kappa shape index (κ1) is 17.2. The summed E-state index contributed by atoms with van der Waals surface area (Å²) in [6.45, 7) is 0.543. The Labute approximate surface area is 160 Å². The van der Waals surface area contributed by atoms with Crippen LogP contribution in [-0.4, -0.2) is 25.8 Å². The van der Waals surface area contributed by atoms with Gasteiger partial charge in [0.2, 0.25) is 0 Å². The number of carboxylic acid groups (broad SMARTS) is 1. The van der Waals surface area contributed by atoms with Crippen LogP contribution in [0.25, 0.3) is 22.2 Å². The van der Waals surface area contributed by atoms with E-state index in [2.05, 4.69) is 34.5 Å². The molecule has 27 heavy (non-hydrogen) atoms. The first-order chi connectivity index (χ1) is 13.1. The van der Waals surface area contributed by atoms with Gasteiger partial charge in [-0.05, 0) is 47.1 Å². The van der Waals surface area contributed by atoms with E-state index >= 15 is 0 Å². The molecule has 3 aromatic carbocycles. The Morgan fingerprint density at radius 1 is 1.04 bits per heavy atom. The maximum Gasteiger partial charge on any atom is 0.335 e. The fourth-order valence-electron chi connectivity index (χ4n) is 3.25. The quantitative estimate of drug-likeness (QED) is 0.496. The molecule has 1 heterocycles. The number of hydrogen-bond donors (Lipinski definition) is 2. The normalized spacial score (nSPS) is 11.0. The Kier molecular flexibility index (Phi) is 4.56. The first-order valence-electron chi connectivity index (χ1n) is 8.59. The van der Waals surface area contributed by atoms with Gasteiger partial charge in [0.1, 0.15) is 0 Å². The van der Waals surface area contributed by atoms with Gasteiger partial charge in [0.05, 0.1) is 5.56 Å². The molecule has 0 aliphatic rings. The van der Waals surface area contributed by atoms with E-state index in [1.165, 1.54) is 0 Å². The number of rotatable bonds is 5. The molecule has 0 amide bonds. The van der Waals surface area contributed by atoms with E-state index in [0.717, 1.165) is 27.7 Å². The van der Waals surface area contributed by atoms with E-state index < -0.39 is 5.97 Å². The molecule has 0 saturated heterocycles. The summed E-state index contributed by atoms with van der Waals surface area (Å²) < 4.78 is 2.43. The van der Waals surface area contributed by atoms with E-state index in [1.54, 1.807) is 12.1 Å². The second kappa shape index (κ2) is 7.17. The summed E-state index contributed by atoms with van der Waals surface area (Å²) in [5, 5.41) is 18.9. The van der Waals surface area contributed by atoms with Gasteiger partial charge >= 0.3 is 5.97 Å². The highest BCUT2D eigenvalue weighted by Crippen LogP contribution is 2.23. The smallest absolute Gasteiger partial charge is 0.335 e. The highest BCUT2D eigenvalue weighted by atomic mass is 32.1. The summed E-state index contributed by atoms with van der Waals surface area (Å²) in [5.74, 6) is -0.172. The largest absolute Gasteiger partial charge is 0.478 e. The van der Waals surface area contributed by atoms with Crippen molar-refractivity contribution in [3.05, 3.63) is 82.6 Å². The van der Waals surface area contributed by atoms with E-state index in [1.807, 2.05) is 34.9 Å². The van der Waals surface area contributed by atoms with Gasteiger partial charge in [-0.2, -0.15) is 5.10 Å². The molecule has 0 fully saturated rings. The predicted octanol–water partition coefficient (Wildman–Crippen LogP) is 4.70. The van der Waals surface area contributed by atoms with Crippen LogP contribution in [0.15, 0.2) is 66.7 Å². The molecule has 4 rings (SSSR count). The van der Waals surface area contributed by atoms with Crippen molar-refractivity contribution in [1.82, 2.24) is 14.8 Å². The third-order valence-corrected chi connectivity index (χ3v) is 4.93. The molecule has 0 atom stereocenters. The van der Waals surface area contributed by atoms with Crippen LogP contribution in [0.1, 0.15) is 15.9 Å². The van der Waals surface area contributed by atoms with Gasteiger partial charge in [0.15, 0.2) is 10.6 Å². The lowest BCUT2D eigenvalue weighted by Gasteiger charge is -2.10. The minimum Gasteiger partial charge on any atom is -0.478 e. The average Bonchev–Trinajstić information content (AvgIpc) is 3.06. The third-order valence-electron chi connectivity index (χ3n) is 4.62. The fraction of sp³-hybridized carbons (Fsp3) is 0.0952. The number of carbonyl (C=O) groups is 1. The number of aromatic nitrogens is 3. The molecule has 4 aromatic rings. The highest BCUT2D eigenvalue weighted by molar-refractivity contribution is 7.71. The molecule has 6 heteroatoms. The Hall–Kier alpha value is -3.25. The van der Waals surface area contributed by atoms with Gasteiger partial charge in [-0.15, -0.1) is 0 Å². The summed E-state index contributed by atoms with van der Waals surface area (Å²) >= 11 is 5.40. The zero-order valence-corrected chi connectivity index (χ0v) is 15.2. The zero-order chi connectivity index (χ0) is 18.8. The molecular formula is C21H17N3O2S. The van der Waals surface area contributed by atoms with Crippen LogP contribution < -0.4 is 0 Å². The van der Waals surface area contributed by atoms with Crippen LogP contribution >= 0.6 is 12.2 Å². The first-order valence-corrected chi connectivity index (χ1v) is 9.00. The summed E-state index contributed by atoms with van der Waals surface area (Å²) in [5.41, 5.74) is 2.06. The van der Waals surface area contributed by atoms with Gasteiger partial charge in [0.25, 0.3) is 0 Å². The van der Waals surface area contributed by atoms with Crippen molar-refractivity contribution in [3.8, 4) is 11.4 Å². The monoisotopic (exact) mass is 375 g/mol. The summed E-state index contributed by atoms with van der Waals surface area (Å²) in [7, 11) is 0. The van der Waals surface area contributed by atoms with Crippen molar-refractivity contribution in [2.45, 2.75) is 13.0 Å². The number of fused-ring (bicyclic) bond motifs is 1. The van der Waals surface area contributed by atoms with Crippen LogP contribution in [-0.2, 0) is 13.0 Å². The number of aryl methyl sites for hydroxylation is 1. The zero-order valence-electron chi connectivity index (χ0n) is 14.4. The van der Waals surface area contributed by atoms with Crippen LogP contribution in [0, 0.1) is 4.77 Å². The van der Waals surface area contributed by atoms with Crippen LogP contribution in [0.4, 0.5) is 0 Å². The van der Waals surface area contributed by atoms with E-state index in [-0.39, 0.29) is 0 Å². The lowest BCUT2D eigenvalue weighted by atomic mass is 10.0.